The zero-order valence-corrected chi connectivity index (χ0v) is 11.2. The first-order valence-corrected chi connectivity index (χ1v) is 6.17. The molecule has 2 N–H and O–H groups in total. The molecular weight excluding hydrogens is 266 g/mol. The lowest BCUT2D eigenvalue weighted by molar-refractivity contribution is 0.501. The van der Waals surface area contributed by atoms with E-state index in [9.17, 15) is 0 Å². The third kappa shape index (κ3) is 2.26. The van der Waals surface area contributed by atoms with Crippen molar-refractivity contribution in [2.24, 2.45) is 0 Å². The van der Waals surface area contributed by atoms with E-state index in [4.69, 9.17) is 16.0 Å². The number of nitrogens with one attached hydrogen (secondary N) is 2. The number of anilines is 1. The molecule has 0 bridgehead atoms. The molecule has 0 fully saturated rings. The molecule has 7 heteroatoms. The van der Waals surface area contributed by atoms with Crippen LogP contribution >= 0.6 is 11.6 Å². The summed E-state index contributed by atoms with van der Waals surface area (Å²) in [6.07, 6.45) is 1.56. The summed E-state index contributed by atoms with van der Waals surface area (Å²) in [6.45, 7) is 4.46. The van der Waals surface area contributed by atoms with Gasteiger partial charge in [0.1, 0.15) is 17.0 Å². The number of hydrogen-bond acceptors (Lipinski definition) is 5. The third-order valence-corrected chi connectivity index (χ3v) is 3.02. The molecule has 3 rings (SSSR count). The predicted octanol–water partition coefficient (Wildman–Crippen LogP) is 2.83. The van der Waals surface area contributed by atoms with E-state index in [0.29, 0.717) is 18.0 Å². The van der Waals surface area contributed by atoms with Gasteiger partial charge in [-0.2, -0.15) is 9.97 Å². The summed E-state index contributed by atoms with van der Waals surface area (Å²) in [4.78, 5) is 15.3. The molecule has 0 unspecified atom stereocenters. The number of imidazole rings is 1. The quantitative estimate of drug-likeness (QED) is 0.720. The van der Waals surface area contributed by atoms with Crippen LogP contribution in [0.15, 0.2) is 16.8 Å². The number of aromatic nitrogens is 4. The van der Waals surface area contributed by atoms with E-state index in [0.717, 1.165) is 22.6 Å². The highest BCUT2D eigenvalue weighted by Gasteiger charge is 2.10. The Hall–Kier alpha value is -2.08. The predicted molar refractivity (Wildman–Crippen MR) is 72.2 cm³/mol. The largest absolute Gasteiger partial charge is 0.466 e. The molecule has 3 aromatic rings. The summed E-state index contributed by atoms with van der Waals surface area (Å²) in [6, 6.07) is 2.00. The summed E-state index contributed by atoms with van der Waals surface area (Å²) in [5.74, 6) is 2.42. The van der Waals surface area contributed by atoms with Gasteiger partial charge in [0.25, 0.3) is 0 Å². The Balaban J connectivity index is 1.89. The highest BCUT2D eigenvalue weighted by molar-refractivity contribution is 6.28. The van der Waals surface area contributed by atoms with E-state index < -0.39 is 0 Å². The van der Waals surface area contributed by atoms with Gasteiger partial charge in [0.05, 0.1) is 6.33 Å². The Labute approximate surface area is 114 Å². The van der Waals surface area contributed by atoms with Gasteiger partial charge in [-0.3, -0.25) is 0 Å². The normalized spacial score (nSPS) is 11.1. The first-order chi connectivity index (χ1) is 9.13. The summed E-state index contributed by atoms with van der Waals surface area (Å²) < 4.78 is 5.48. The zero-order chi connectivity index (χ0) is 13.4. The van der Waals surface area contributed by atoms with Crippen molar-refractivity contribution in [1.82, 2.24) is 19.9 Å². The fraction of sp³-hybridized carbons (Fsp3) is 0.250. The van der Waals surface area contributed by atoms with Gasteiger partial charge < -0.3 is 14.7 Å². The fourth-order valence-corrected chi connectivity index (χ4v) is 2.14. The molecule has 0 aliphatic heterocycles. The van der Waals surface area contributed by atoms with Crippen LogP contribution in [-0.4, -0.2) is 19.9 Å². The number of halogens is 1. The first kappa shape index (κ1) is 12.0. The van der Waals surface area contributed by atoms with Gasteiger partial charge in [-0.1, -0.05) is 0 Å². The maximum absolute atomic E-state index is 5.86. The third-order valence-electron chi connectivity index (χ3n) is 2.85. The highest BCUT2D eigenvalue weighted by Crippen LogP contribution is 2.20. The SMILES string of the molecule is Cc1cc(CNc2nc(Cl)nc3nc[nH]c23)c(C)o1. The second kappa shape index (κ2) is 4.55. The van der Waals surface area contributed by atoms with E-state index in [1.54, 1.807) is 6.33 Å². The van der Waals surface area contributed by atoms with Crippen LogP contribution in [0.5, 0.6) is 0 Å². The molecular formula is C12H12ClN5O. The second-order valence-corrected chi connectivity index (χ2v) is 4.57. The monoisotopic (exact) mass is 277 g/mol. The van der Waals surface area contributed by atoms with Gasteiger partial charge in [-0.05, 0) is 31.5 Å². The summed E-state index contributed by atoms with van der Waals surface area (Å²) in [7, 11) is 0. The maximum atomic E-state index is 5.86. The van der Waals surface area contributed by atoms with Gasteiger partial charge >= 0.3 is 0 Å². The molecule has 0 radical (unpaired) electrons. The maximum Gasteiger partial charge on any atom is 0.226 e. The van der Waals surface area contributed by atoms with Crippen molar-refractivity contribution in [3.05, 3.63) is 34.8 Å². The minimum atomic E-state index is 0.169. The second-order valence-electron chi connectivity index (χ2n) is 4.23. The van der Waals surface area contributed by atoms with Crippen molar-refractivity contribution in [1.29, 1.82) is 0 Å². The molecule has 0 amide bonds. The van der Waals surface area contributed by atoms with Crippen LogP contribution in [0.3, 0.4) is 0 Å². The Morgan fingerprint density at radius 1 is 1.37 bits per heavy atom. The van der Waals surface area contributed by atoms with Gasteiger partial charge in [0.2, 0.25) is 5.28 Å². The van der Waals surface area contributed by atoms with Crippen LogP contribution in [0.25, 0.3) is 11.2 Å². The number of fused-ring (bicyclic) bond motifs is 1. The van der Waals surface area contributed by atoms with Crippen molar-refractivity contribution in [3.63, 3.8) is 0 Å². The molecule has 0 aliphatic rings. The van der Waals surface area contributed by atoms with E-state index >= 15 is 0 Å². The minimum absolute atomic E-state index is 0.169. The minimum Gasteiger partial charge on any atom is -0.466 e. The Morgan fingerprint density at radius 2 is 2.21 bits per heavy atom. The van der Waals surface area contributed by atoms with Gasteiger partial charge in [-0.15, -0.1) is 0 Å². The molecule has 0 atom stereocenters. The Bertz CT molecular complexity index is 733. The number of furan rings is 1. The molecule has 0 spiro atoms. The summed E-state index contributed by atoms with van der Waals surface area (Å²) >= 11 is 5.86. The fourth-order valence-electron chi connectivity index (χ4n) is 1.97. The number of hydrogen-bond donors (Lipinski definition) is 2. The average molecular weight is 278 g/mol. The molecule has 0 aromatic carbocycles. The Morgan fingerprint density at radius 3 is 2.95 bits per heavy atom. The molecule has 3 aromatic heterocycles. The van der Waals surface area contributed by atoms with E-state index in [-0.39, 0.29) is 5.28 Å². The van der Waals surface area contributed by atoms with E-state index in [1.165, 1.54) is 0 Å². The van der Waals surface area contributed by atoms with Crippen LogP contribution in [0, 0.1) is 13.8 Å². The highest BCUT2D eigenvalue weighted by atomic mass is 35.5. The van der Waals surface area contributed by atoms with Crippen LogP contribution in [-0.2, 0) is 6.54 Å². The van der Waals surface area contributed by atoms with Gasteiger partial charge in [0.15, 0.2) is 11.5 Å². The standard InChI is InChI=1S/C12H12ClN5O/c1-6-3-8(7(2)19-6)4-14-10-9-11(16-5-15-9)18-12(13)17-10/h3,5H,4H2,1-2H3,(H2,14,15,16,17,18). The van der Waals surface area contributed by atoms with E-state index in [1.807, 2.05) is 19.9 Å². The molecule has 3 heterocycles. The van der Waals surface area contributed by atoms with Crippen LogP contribution < -0.4 is 5.32 Å². The van der Waals surface area contributed by atoms with Crippen LogP contribution in [0.1, 0.15) is 17.1 Å². The van der Waals surface area contributed by atoms with E-state index in [2.05, 4.69) is 25.3 Å². The molecule has 0 saturated carbocycles. The lowest BCUT2D eigenvalue weighted by Gasteiger charge is -2.05. The van der Waals surface area contributed by atoms with Crippen LogP contribution in [0.2, 0.25) is 5.28 Å². The molecule has 0 aliphatic carbocycles. The van der Waals surface area contributed by atoms with Crippen molar-refractivity contribution in [2.75, 3.05) is 5.32 Å². The topological polar surface area (TPSA) is 79.6 Å². The average Bonchev–Trinajstić information content (AvgIpc) is 2.92. The summed E-state index contributed by atoms with van der Waals surface area (Å²) in [5.41, 5.74) is 2.37. The number of H-pyrrole nitrogens is 1. The lowest BCUT2D eigenvalue weighted by atomic mass is 10.2. The number of nitrogens with zero attached hydrogens (tertiary/aromatic N) is 3. The van der Waals surface area contributed by atoms with Gasteiger partial charge in [-0.25, -0.2) is 4.98 Å². The molecule has 19 heavy (non-hydrogen) atoms. The molecule has 0 saturated heterocycles. The lowest BCUT2D eigenvalue weighted by Crippen LogP contribution is -2.03. The van der Waals surface area contributed by atoms with Gasteiger partial charge in [0, 0.05) is 12.1 Å². The van der Waals surface area contributed by atoms with Crippen molar-refractivity contribution in [3.8, 4) is 0 Å². The number of aromatic amines is 1. The number of rotatable bonds is 3. The summed E-state index contributed by atoms with van der Waals surface area (Å²) in [5, 5.41) is 3.39. The smallest absolute Gasteiger partial charge is 0.226 e. The van der Waals surface area contributed by atoms with Crippen molar-refractivity contribution >= 4 is 28.6 Å². The van der Waals surface area contributed by atoms with Crippen molar-refractivity contribution in [2.45, 2.75) is 20.4 Å². The van der Waals surface area contributed by atoms with Crippen molar-refractivity contribution < 1.29 is 4.42 Å². The molecule has 6 nitrogen and oxygen atoms in total. The molecule has 98 valence electrons. The zero-order valence-electron chi connectivity index (χ0n) is 10.5. The van der Waals surface area contributed by atoms with Crippen LogP contribution in [0.4, 0.5) is 5.82 Å². The Kier molecular flexibility index (Phi) is 2.87. The number of aryl methyl sites for hydroxylation is 2. The first-order valence-electron chi connectivity index (χ1n) is 5.80.